The van der Waals surface area contributed by atoms with E-state index in [4.69, 9.17) is 33.7 Å². The first-order valence-corrected chi connectivity index (χ1v) is 20.6. The molecule has 11 nitrogen and oxygen atoms in total. The fourth-order valence-electron chi connectivity index (χ4n) is 8.76. The van der Waals surface area contributed by atoms with Gasteiger partial charge in [-0.2, -0.15) is 0 Å². The number of rotatable bonds is 17. The Kier molecular flexibility index (Phi) is 14.0. The standard InChI is InChI=1S/C42H56N2O9S/c1-5-23-50-42-37(44(2)41(47)48-3)27-35(43-53-38-14-8-11-24-49-38)33-25-28(12-6-9-21-45)32(13-7-10-22-46)39(40(33)42)34-26-30(17-20-36(34)52-42)51-29-15-18-31(54-4)19-16-29/h5,15-20,25-26,28,32,37-40,45-46H,1,6-14,21-24,27H2,2-4H3. The number of unbranched alkanes of at least 4 members (excludes halogenated alkanes) is 2. The van der Waals surface area contributed by atoms with E-state index >= 15 is 0 Å². The van der Waals surface area contributed by atoms with E-state index in [-0.39, 0.29) is 44.0 Å². The molecule has 2 aliphatic carbocycles. The van der Waals surface area contributed by atoms with E-state index in [1.54, 1.807) is 29.8 Å². The fraction of sp³-hybridized carbons (Fsp3) is 0.571. The highest BCUT2D eigenvalue weighted by atomic mass is 32.2. The van der Waals surface area contributed by atoms with E-state index in [0.29, 0.717) is 36.7 Å². The number of aliphatic hydroxyl groups excluding tert-OH is 2. The molecular formula is C42H56N2O9S. The number of carbonyl (C=O) groups excluding carboxylic acids is 1. The summed E-state index contributed by atoms with van der Waals surface area (Å²) >= 11 is 1.68. The van der Waals surface area contributed by atoms with Crippen LogP contribution in [0.5, 0.6) is 17.2 Å². The van der Waals surface area contributed by atoms with Crippen LogP contribution >= 0.6 is 11.8 Å². The molecule has 6 rings (SSSR count). The number of thioether (sulfide) groups is 1. The molecule has 0 radical (unpaired) electrons. The molecule has 0 bridgehead atoms. The number of allylic oxidation sites excluding steroid dienone is 1. The summed E-state index contributed by atoms with van der Waals surface area (Å²) in [6.45, 7) is 5.01. The predicted octanol–water partition coefficient (Wildman–Crippen LogP) is 8.06. The van der Waals surface area contributed by atoms with Crippen molar-refractivity contribution in [3.05, 3.63) is 72.3 Å². The Labute approximate surface area is 323 Å². The van der Waals surface area contributed by atoms with Crippen LogP contribution in [-0.4, -0.2) is 91.9 Å². The van der Waals surface area contributed by atoms with Gasteiger partial charge in [0.2, 0.25) is 12.1 Å². The van der Waals surface area contributed by atoms with Crippen molar-refractivity contribution in [3.8, 4) is 17.2 Å². The molecule has 7 unspecified atom stereocenters. The molecule has 0 aromatic heterocycles. The summed E-state index contributed by atoms with van der Waals surface area (Å²) in [4.78, 5) is 22.3. The molecule has 12 heteroatoms. The summed E-state index contributed by atoms with van der Waals surface area (Å²) in [6, 6.07) is 13.3. The van der Waals surface area contributed by atoms with Crippen LogP contribution in [0.1, 0.15) is 75.7 Å². The summed E-state index contributed by atoms with van der Waals surface area (Å²) in [7, 11) is 3.08. The Hall–Kier alpha value is -3.55. The van der Waals surface area contributed by atoms with Crippen molar-refractivity contribution in [2.75, 3.05) is 46.8 Å². The second kappa shape index (κ2) is 18.9. The number of aliphatic hydroxyl groups is 2. The van der Waals surface area contributed by atoms with Gasteiger partial charge in [0.25, 0.3) is 0 Å². The normalized spacial score (nSPS) is 27.9. The van der Waals surface area contributed by atoms with Crippen LogP contribution in [0, 0.1) is 17.8 Å². The molecule has 1 saturated carbocycles. The summed E-state index contributed by atoms with van der Waals surface area (Å²) in [5.41, 5.74) is 2.67. The molecule has 2 aliphatic heterocycles. The third-order valence-corrected chi connectivity index (χ3v) is 12.0. The van der Waals surface area contributed by atoms with E-state index < -0.39 is 30.1 Å². The number of benzene rings is 2. The van der Waals surface area contributed by atoms with Gasteiger partial charge in [0, 0.05) is 49.5 Å². The van der Waals surface area contributed by atoms with Crippen molar-refractivity contribution in [1.82, 2.24) is 4.90 Å². The van der Waals surface area contributed by atoms with Crippen molar-refractivity contribution in [1.29, 1.82) is 0 Å². The van der Waals surface area contributed by atoms with Crippen molar-refractivity contribution >= 4 is 23.6 Å². The number of amides is 1. The van der Waals surface area contributed by atoms with Gasteiger partial charge >= 0.3 is 6.09 Å². The number of fused-ring (bicyclic) bond motifs is 2. The molecule has 4 aliphatic rings. The zero-order valence-electron chi connectivity index (χ0n) is 31.8. The van der Waals surface area contributed by atoms with E-state index in [2.05, 4.69) is 18.7 Å². The lowest BCUT2D eigenvalue weighted by Gasteiger charge is -2.59. The maximum atomic E-state index is 13.4. The zero-order valence-corrected chi connectivity index (χ0v) is 32.6. The topological polar surface area (TPSA) is 129 Å². The lowest BCUT2D eigenvalue weighted by molar-refractivity contribution is -0.253. The van der Waals surface area contributed by atoms with Crippen molar-refractivity contribution in [3.63, 3.8) is 0 Å². The molecule has 1 amide bonds. The van der Waals surface area contributed by atoms with Gasteiger partial charge in [-0.15, -0.1) is 18.3 Å². The minimum Gasteiger partial charge on any atom is -0.459 e. The van der Waals surface area contributed by atoms with E-state index in [0.717, 1.165) is 66.7 Å². The molecule has 2 aromatic carbocycles. The van der Waals surface area contributed by atoms with Gasteiger partial charge in [0.1, 0.15) is 23.3 Å². The smallest absolute Gasteiger partial charge is 0.409 e. The Morgan fingerprint density at radius 1 is 1.07 bits per heavy atom. The van der Waals surface area contributed by atoms with E-state index in [1.165, 1.54) is 7.11 Å². The largest absolute Gasteiger partial charge is 0.459 e. The van der Waals surface area contributed by atoms with Gasteiger partial charge in [0.05, 0.1) is 32.0 Å². The number of carbonyl (C=O) groups is 1. The second-order valence-corrected chi connectivity index (χ2v) is 15.4. The first-order valence-electron chi connectivity index (χ1n) is 19.4. The van der Waals surface area contributed by atoms with Crippen LogP contribution in [0.15, 0.2) is 76.8 Å². The first-order chi connectivity index (χ1) is 26.4. The number of ether oxygens (including phenoxy) is 5. The Morgan fingerprint density at radius 2 is 1.83 bits per heavy atom. The molecule has 0 spiro atoms. The van der Waals surface area contributed by atoms with Gasteiger partial charge in [-0.1, -0.05) is 30.1 Å². The zero-order chi connectivity index (χ0) is 38.1. The quantitative estimate of drug-likeness (QED) is 0.0707. The summed E-state index contributed by atoms with van der Waals surface area (Å²) in [6.07, 6.45) is 12.9. The molecule has 1 saturated heterocycles. The Bertz CT molecular complexity index is 1630. The fourth-order valence-corrected chi connectivity index (χ4v) is 9.17. The molecule has 2 heterocycles. The number of hydrogen-bond acceptors (Lipinski definition) is 11. The average Bonchev–Trinajstić information content (AvgIpc) is 3.20. The van der Waals surface area contributed by atoms with Gasteiger partial charge in [-0.25, -0.2) is 4.79 Å². The van der Waals surface area contributed by atoms with Crippen molar-refractivity contribution in [2.45, 2.75) is 93.1 Å². The molecule has 294 valence electrons. The third-order valence-electron chi connectivity index (χ3n) is 11.3. The van der Waals surface area contributed by atoms with Crippen LogP contribution < -0.4 is 9.47 Å². The molecular weight excluding hydrogens is 709 g/mol. The average molecular weight is 765 g/mol. The predicted molar refractivity (Wildman–Crippen MR) is 208 cm³/mol. The Morgan fingerprint density at radius 3 is 2.52 bits per heavy atom. The van der Waals surface area contributed by atoms with Crippen LogP contribution in [-0.2, 0) is 19.0 Å². The number of nitrogens with zero attached hydrogens (tertiary/aromatic N) is 2. The number of hydrogen-bond donors (Lipinski definition) is 2. The molecule has 2 aromatic rings. The third kappa shape index (κ3) is 8.63. The van der Waals surface area contributed by atoms with Crippen LogP contribution in [0.25, 0.3) is 0 Å². The minimum absolute atomic E-state index is 0.0977. The van der Waals surface area contributed by atoms with E-state index in [9.17, 15) is 15.0 Å². The maximum Gasteiger partial charge on any atom is 0.409 e. The monoisotopic (exact) mass is 764 g/mol. The summed E-state index contributed by atoms with van der Waals surface area (Å²) < 4.78 is 31.7. The SMILES string of the molecule is C=CCOC12Oc3ccc(Oc4ccc(SC)cc4)cc3C3C(CCCCO)C(CCCCO)C=C(C(=NOC4CCCCO4)CC1N(C)C(=O)OC)C32. The van der Waals surface area contributed by atoms with Gasteiger partial charge in [0.15, 0.2) is 0 Å². The van der Waals surface area contributed by atoms with Gasteiger partial charge < -0.3 is 43.6 Å². The summed E-state index contributed by atoms with van der Waals surface area (Å²) in [5.74, 6) is 0.350. The Balaban J connectivity index is 1.54. The van der Waals surface area contributed by atoms with Gasteiger partial charge in [-0.3, -0.25) is 0 Å². The number of likely N-dealkylation sites (N-methyl/N-ethyl adjacent to an activating group) is 1. The van der Waals surface area contributed by atoms with Crippen molar-refractivity contribution in [2.24, 2.45) is 22.9 Å². The lowest BCUT2D eigenvalue weighted by atomic mass is 9.55. The summed E-state index contributed by atoms with van der Waals surface area (Å²) in [5, 5.41) is 24.5. The van der Waals surface area contributed by atoms with Crippen LogP contribution in [0.3, 0.4) is 0 Å². The number of methoxy groups -OCH3 is 1. The highest BCUT2D eigenvalue weighted by Gasteiger charge is 2.65. The van der Waals surface area contributed by atoms with Crippen molar-refractivity contribution < 1.29 is 43.5 Å². The molecule has 7 atom stereocenters. The minimum atomic E-state index is -1.34. The van der Waals surface area contributed by atoms with Gasteiger partial charge in [-0.05, 0) is 105 Å². The lowest BCUT2D eigenvalue weighted by Crippen LogP contribution is -2.69. The van der Waals surface area contributed by atoms with Crippen LogP contribution in [0.4, 0.5) is 4.79 Å². The maximum absolute atomic E-state index is 13.4. The first kappa shape index (κ1) is 40.1. The highest BCUT2D eigenvalue weighted by Crippen LogP contribution is 2.62. The highest BCUT2D eigenvalue weighted by molar-refractivity contribution is 7.98. The van der Waals surface area contributed by atoms with Crippen LogP contribution in [0.2, 0.25) is 0 Å². The molecule has 54 heavy (non-hydrogen) atoms. The second-order valence-electron chi connectivity index (χ2n) is 14.5. The number of oxime groups is 1. The van der Waals surface area contributed by atoms with E-state index in [1.807, 2.05) is 42.7 Å². The molecule has 2 N–H and O–H groups in total. The molecule has 2 fully saturated rings.